The van der Waals surface area contributed by atoms with E-state index in [4.69, 9.17) is 14.2 Å². The standard InChI is InChI=1S/C24H21BrN2O5S/c1-13-20(23(29)32-4)21(15-6-8-16(25)9-7-15)27-22(28)19(33-24(27)26-13)12-14-5-10-17(30-2)18(11-14)31-3/h5-12,21H,1-4H3. The minimum absolute atomic E-state index is 0.240. The molecule has 170 valence electrons. The predicted octanol–water partition coefficient (Wildman–Crippen LogP) is 3.19. The molecule has 0 spiro atoms. The molecule has 1 aliphatic heterocycles. The van der Waals surface area contributed by atoms with Gasteiger partial charge in [0.1, 0.15) is 0 Å². The lowest BCUT2D eigenvalue weighted by Crippen LogP contribution is -2.39. The molecule has 2 aromatic carbocycles. The van der Waals surface area contributed by atoms with Crippen LogP contribution in [0, 0.1) is 0 Å². The summed E-state index contributed by atoms with van der Waals surface area (Å²) in [6, 6.07) is 12.3. The first-order chi connectivity index (χ1) is 15.9. The van der Waals surface area contributed by atoms with Crippen molar-refractivity contribution in [2.24, 2.45) is 4.99 Å². The number of allylic oxidation sites excluding steroid dienone is 1. The molecule has 1 aromatic heterocycles. The van der Waals surface area contributed by atoms with Crippen molar-refractivity contribution in [3.63, 3.8) is 0 Å². The summed E-state index contributed by atoms with van der Waals surface area (Å²) in [6.07, 6.45) is 1.78. The zero-order valence-corrected chi connectivity index (χ0v) is 20.8. The van der Waals surface area contributed by atoms with E-state index in [2.05, 4.69) is 20.9 Å². The molecule has 3 aromatic rings. The molecular formula is C24H21BrN2O5S. The number of hydrogen-bond donors (Lipinski definition) is 0. The summed E-state index contributed by atoms with van der Waals surface area (Å²) in [5, 5.41) is 0. The topological polar surface area (TPSA) is 79.1 Å². The number of methoxy groups -OCH3 is 3. The Labute approximate surface area is 202 Å². The van der Waals surface area contributed by atoms with Gasteiger partial charge in [0.2, 0.25) is 0 Å². The van der Waals surface area contributed by atoms with Gasteiger partial charge in [-0.1, -0.05) is 45.5 Å². The molecule has 0 fully saturated rings. The van der Waals surface area contributed by atoms with Crippen LogP contribution in [0.25, 0.3) is 6.08 Å². The van der Waals surface area contributed by atoms with Crippen LogP contribution in [0.5, 0.6) is 11.5 Å². The zero-order valence-electron chi connectivity index (χ0n) is 18.4. The van der Waals surface area contributed by atoms with Gasteiger partial charge < -0.3 is 14.2 Å². The number of carbonyl (C=O) groups is 1. The molecule has 1 unspecified atom stereocenters. The van der Waals surface area contributed by atoms with Gasteiger partial charge in [0.05, 0.1) is 43.2 Å². The number of nitrogens with zero attached hydrogens (tertiary/aromatic N) is 2. The van der Waals surface area contributed by atoms with Crippen LogP contribution in [0.4, 0.5) is 0 Å². The van der Waals surface area contributed by atoms with E-state index in [0.29, 0.717) is 32.1 Å². The van der Waals surface area contributed by atoms with E-state index in [9.17, 15) is 9.59 Å². The van der Waals surface area contributed by atoms with Gasteiger partial charge in [-0.3, -0.25) is 9.36 Å². The Kier molecular flexibility index (Phi) is 6.53. The van der Waals surface area contributed by atoms with Crippen LogP contribution in [0.15, 0.2) is 68.0 Å². The average Bonchev–Trinajstić information content (AvgIpc) is 3.12. The molecule has 4 rings (SSSR count). The van der Waals surface area contributed by atoms with Gasteiger partial charge in [0.15, 0.2) is 16.3 Å². The van der Waals surface area contributed by atoms with E-state index >= 15 is 0 Å². The molecule has 0 aliphatic carbocycles. The van der Waals surface area contributed by atoms with Gasteiger partial charge in [0.25, 0.3) is 5.56 Å². The summed E-state index contributed by atoms with van der Waals surface area (Å²) in [7, 11) is 4.45. The minimum Gasteiger partial charge on any atom is -0.493 e. The van der Waals surface area contributed by atoms with Crippen molar-refractivity contribution in [3.05, 3.63) is 89.0 Å². The van der Waals surface area contributed by atoms with Crippen molar-refractivity contribution >= 4 is 39.3 Å². The highest BCUT2D eigenvalue weighted by atomic mass is 79.9. The molecule has 0 saturated heterocycles. The van der Waals surface area contributed by atoms with Crippen molar-refractivity contribution in [1.82, 2.24) is 4.57 Å². The summed E-state index contributed by atoms with van der Waals surface area (Å²) >= 11 is 4.70. The van der Waals surface area contributed by atoms with Gasteiger partial charge in [-0.25, -0.2) is 9.79 Å². The molecule has 0 amide bonds. The van der Waals surface area contributed by atoms with Crippen LogP contribution >= 0.6 is 27.3 Å². The summed E-state index contributed by atoms with van der Waals surface area (Å²) in [5.41, 5.74) is 2.18. The quantitative estimate of drug-likeness (QED) is 0.475. The lowest BCUT2D eigenvalue weighted by Gasteiger charge is -2.24. The van der Waals surface area contributed by atoms with Gasteiger partial charge >= 0.3 is 5.97 Å². The maximum atomic E-state index is 13.6. The molecule has 1 aliphatic rings. The van der Waals surface area contributed by atoms with E-state index in [1.165, 1.54) is 18.4 Å². The third-order valence-electron chi connectivity index (χ3n) is 5.32. The largest absolute Gasteiger partial charge is 0.493 e. The molecule has 0 N–H and O–H groups in total. The van der Waals surface area contributed by atoms with E-state index in [1.54, 1.807) is 43.9 Å². The number of hydrogen-bond acceptors (Lipinski definition) is 7. The van der Waals surface area contributed by atoms with Gasteiger partial charge in [-0.2, -0.15) is 0 Å². The number of aromatic nitrogens is 1. The molecule has 7 nitrogen and oxygen atoms in total. The summed E-state index contributed by atoms with van der Waals surface area (Å²) in [4.78, 5) is 31.3. The molecule has 33 heavy (non-hydrogen) atoms. The Balaban J connectivity index is 1.93. The van der Waals surface area contributed by atoms with Crippen LogP contribution in [-0.2, 0) is 9.53 Å². The fraction of sp³-hybridized carbons (Fsp3) is 0.208. The monoisotopic (exact) mass is 528 g/mol. The predicted molar refractivity (Wildman–Crippen MR) is 129 cm³/mol. The Hall–Kier alpha value is -3.17. The molecule has 2 heterocycles. The first-order valence-corrected chi connectivity index (χ1v) is 11.6. The number of esters is 1. The molecule has 1 atom stereocenters. The second-order valence-electron chi connectivity index (χ2n) is 7.24. The average molecular weight is 529 g/mol. The van der Waals surface area contributed by atoms with Gasteiger partial charge in [0, 0.05) is 4.47 Å². The lowest BCUT2D eigenvalue weighted by molar-refractivity contribution is -0.136. The van der Waals surface area contributed by atoms with Crippen LogP contribution in [0.2, 0.25) is 0 Å². The highest BCUT2D eigenvalue weighted by Gasteiger charge is 2.33. The van der Waals surface area contributed by atoms with Crippen molar-refractivity contribution in [1.29, 1.82) is 0 Å². The third kappa shape index (κ3) is 4.26. The molecule has 0 radical (unpaired) electrons. The van der Waals surface area contributed by atoms with Crippen LogP contribution < -0.4 is 24.4 Å². The summed E-state index contributed by atoms with van der Waals surface area (Å²) < 4.78 is 18.6. The first kappa shape index (κ1) is 23.0. The van der Waals surface area contributed by atoms with E-state index in [-0.39, 0.29) is 5.56 Å². The van der Waals surface area contributed by atoms with E-state index in [0.717, 1.165) is 15.6 Å². The SMILES string of the molecule is COC(=O)C1=C(C)N=c2sc(=Cc3ccc(OC)c(OC)c3)c(=O)n2C1c1ccc(Br)cc1. The fourth-order valence-corrected chi connectivity index (χ4v) is 5.06. The van der Waals surface area contributed by atoms with E-state index in [1.807, 2.05) is 30.3 Å². The van der Waals surface area contributed by atoms with Gasteiger partial charge in [-0.05, 0) is 48.4 Å². The number of benzene rings is 2. The summed E-state index contributed by atoms with van der Waals surface area (Å²) in [5.74, 6) is 0.651. The number of halogens is 1. The molecule has 0 saturated carbocycles. The number of carbonyl (C=O) groups excluding carboxylic acids is 1. The lowest BCUT2D eigenvalue weighted by atomic mass is 9.96. The van der Waals surface area contributed by atoms with Gasteiger partial charge in [-0.15, -0.1) is 0 Å². The number of thiazole rings is 1. The Morgan fingerprint density at radius 1 is 1.09 bits per heavy atom. The smallest absolute Gasteiger partial charge is 0.338 e. The fourth-order valence-electron chi connectivity index (χ4n) is 3.75. The zero-order chi connectivity index (χ0) is 23.7. The first-order valence-electron chi connectivity index (χ1n) is 9.96. The van der Waals surface area contributed by atoms with Crippen molar-refractivity contribution in [2.75, 3.05) is 21.3 Å². The Bertz CT molecular complexity index is 1440. The van der Waals surface area contributed by atoms with E-state index < -0.39 is 12.0 Å². The second-order valence-corrected chi connectivity index (χ2v) is 9.16. The van der Waals surface area contributed by atoms with Crippen LogP contribution in [0.3, 0.4) is 0 Å². The second kappa shape index (κ2) is 9.36. The van der Waals surface area contributed by atoms with Crippen molar-refractivity contribution in [3.8, 4) is 11.5 Å². The Morgan fingerprint density at radius 3 is 2.42 bits per heavy atom. The van der Waals surface area contributed by atoms with Crippen molar-refractivity contribution in [2.45, 2.75) is 13.0 Å². The number of rotatable bonds is 5. The van der Waals surface area contributed by atoms with Crippen molar-refractivity contribution < 1.29 is 19.0 Å². The maximum Gasteiger partial charge on any atom is 0.338 e. The van der Waals surface area contributed by atoms with Crippen LogP contribution in [-0.4, -0.2) is 31.9 Å². The number of fused-ring (bicyclic) bond motifs is 1. The minimum atomic E-state index is -0.644. The highest BCUT2D eigenvalue weighted by molar-refractivity contribution is 9.10. The molecule has 0 bridgehead atoms. The maximum absolute atomic E-state index is 13.6. The highest BCUT2D eigenvalue weighted by Crippen LogP contribution is 2.31. The van der Waals surface area contributed by atoms with Crippen LogP contribution in [0.1, 0.15) is 24.1 Å². The summed E-state index contributed by atoms with van der Waals surface area (Å²) in [6.45, 7) is 1.75. The molecular weight excluding hydrogens is 508 g/mol. The molecule has 9 heteroatoms. The Morgan fingerprint density at radius 2 is 1.79 bits per heavy atom. The number of ether oxygens (including phenoxy) is 3. The normalized spacial score (nSPS) is 15.7. The third-order valence-corrected chi connectivity index (χ3v) is 6.83.